The number of anilines is 1. The molecule has 25 heavy (non-hydrogen) atoms. The summed E-state index contributed by atoms with van der Waals surface area (Å²) in [6.07, 6.45) is 1.76. The van der Waals surface area contributed by atoms with Gasteiger partial charge in [0.05, 0.1) is 6.07 Å². The summed E-state index contributed by atoms with van der Waals surface area (Å²) < 4.78 is 5.34. The van der Waals surface area contributed by atoms with Crippen LogP contribution < -0.4 is 5.32 Å². The quantitative estimate of drug-likeness (QED) is 0.890. The molecule has 1 saturated heterocycles. The standard InChI is InChI=1S/C18H24N4O3/c1-13-5-6-14(20-11-13)21-15(23)18(12-19)7-9-22(10-8-18)16(24)25-17(2,3)4/h5-6,11H,7-10H2,1-4H3,(H,20,21,23). The van der Waals surface area contributed by atoms with Crippen molar-refractivity contribution in [3.8, 4) is 6.07 Å². The molecule has 0 bridgehead atoms. The van der Waals surface area contributed by atoms with Crippen molar-refractivity contribution in [1.29, 1.82) is 5.26 Å². The summed E-state index contributed by atoms with van der Waals surface area (Å²) >= 11 is 0. The fourth-order valence-electron chi connectivity index (χ4n) is 2.56. The normalized spacial score (nSPS) is 16.7. The van der Waals surface area contributed by atoms with Crippen molar-refractivity contribution in [3.05, 3.63) is 23.9 Å². The minimum Gasteiger partial charge on any atom is -0.444 e. The zero-order valence-corrected chi connectivity index (χ0v) is 15.1. The van der Waals surface area contributed by atoms with Crippen LogP contribution in [-0.4, -0.2) is 40.6 Å². The Labute approximate surface area is 148 Å². The second-order valence-electron chi connectivity index (χ2n) is 7.34. The van der Waals surface area contributed by atoms with Crippen molar-refractivity contribution in [2.45, 2.75) is 46.1 Å². The molecule has 0 atom stereocenters. The van der Waals surface area contributed by atoms with Crippen LogP contribution in [0.2, 0.25) is 0 Å². The highest BCUT2D eigenvalue weighted by Crippen LogP contribution is 2.32. The molecule has 2 amide bonds. The third-order valence-electron chi connectivity index (χ3n) is 4.07. The van der Waals surface area contributed by atoms with Gasteiger partial charge in [0.2, 0.25) is 5.91 Å². The van der Waals surface area contributed by atoms with E-state index in [1.165, 1.54) is 4.90 Å². The molecule has 1 fully saturated rings. The molecular weight excluding hydrogens is 320 g/mol. The molecule has 0 aliphatic carbocycles. The van der Waals surface area contributed by atoms with Gasteiger partial charge in [-0.2, -0.15) is 5.26 Å². The average Bonchev–Trinajstić information content (AvgIpc) is 2.55. The van der Waals surface area contributed by atoms with Gasteiger partial charge in [-0.05, 0) is 52.2 Å². The van der Waals surface area contributed by atoms with Crippen molar-refractivity contribution in [1.82, 2.24) is 9.88 Å². The number of nitriles is 1. The number of aryl methyl sites for hydroxylation is 1. The zero-order valence-electron chi connectivity index (χ0n) is 15.1. The van der Waals surface area contributed by atoms with Crippen LogP contribution in [0.3, 0.4) is 0 Å². The first-order chi connectivity index (χ1) is 11.6. The summed E-state index contributed by atoms with van der Waals surface area (Å²) in [5.74, 6) is 0.0370. The maximum Gasteiger partial charge on any atom is 0.410 e. The Kier molecular flexibility index (Phi) is 5.31. The summed E-state index contributed by atoms with van der Waals surface area (Å²) in [5, 5.41) is 12.3. The number of piperidine rings is 1. The number of pyridine rings is 1. The van der Waals surface area contributed by atoms with Crippen LogP contribution in [0.4, 0.5) is 10.6 Å². The topological polar surface area (TPSA) is 95.3 Å². The number of rotatable bonds is 2. The molecule has 0 saturated carbocycles. The Balaban J connectivity index is 2.00. The second-order valence-corrected chi connectivity index (χ2v) is 7.34. The van der Waals surface area contributed by atoms with Gasteiger partial charge in [-0.25, -0.2) is 9.78 Å². The van der Waals surface area contributed by atoms with Crippen molar-refractivity contribution < 1.29 is 14.3 Å². The van der Waals surface area contributed by atoms with E-state index >= 15 is 0 Å². The van der Waals surface area contributed by atoms with Crippen LogP contribution in [0.25, 0.3) is 0 Å². The van der Waals surface area contributed by atoms with Crippen LogP contribution >= 0.6 is 0 Å². The number of ether oxygens (including phenoxy) is 1. The van der Waals surface area contributed by atoms with Gasteiger partial charge in [-0.15, -0.1) is 0 Å². The summed E-state index contributed by atoms with van der Waals surface area (Å²) in [5.41, 5.74) is -0.751. The van der Waals surface area contributed by atoms with E-state index in [9.17, 15) is 14.9 Å². The van der Waals surface area contributed by atoms with Gasteiger partial charge >= 0.3 is 6.09 Å². The molecule has 0 aromatic carbocycles. The molecule has 1 aliphatic rings. The first-order valence-electron chi connectivity index (χ1n) is 8.28. The van der Waals surface area contributed by atoms with Crippen molar-refractivity contribution in [2.75, 3.05) is 18.4 Å². The number of carbonyl (C=O) groups excluding carboxylic acids is 2. The van der Waals surface area contributed by atoms with Gasteiger partial charge in [0.15, 0.2) is 0 Å². The van der Waals surface area contributed by atoms with Crippen molar-refractivity contribution in [2.24, 2.45) is 5.41 Å². The largest absolute Gasteiger partial charge is 0.444 e. The molecule has 7 nitrogen and oxygen atoms in total. The highest BCUT2D eigenvalue weighted by molar-refractivity contribution is 5.96. The van der Waals surface area contributed by atoms with E-state index in [1.807, 2.05) is 13.0 Å². The Hall–Kier alpha value is -2.62. The monoisotopic (exact) mass is 344 g/mol. The van der Waals surface area contributed by atoms with E-state index in [2.05, 4.69) is 16.4 Å². The van der Waals surface area contributed by atoms with Crippen LogP contribution in [-0.2, 0) is 9.53 Å². The average molecular weight is 344 g/mol. The SMILES string of the molecule is Cc1ccc(NC(=O)C2(C#N)CCN(C(=O)OC(C)(C)C)CC2)nc1. The molecule has 1 aliphatic heterocycles. The van der Waals surface area contributed by atoms with E-state index in [0.717, 1.165) is 5.56 Å². The Morgan fingerprint density at radius 3 is 2.44 bits per heavy atom. The second kappa shape index (κ2) is 7.09. The highest BCUT2D eigenvalue weighted by atomic mass is 16.6. The predicted molar refractivity (Wildman–Crippen MR) is 92.7 cm³/mol. The molecule has 2 rings (SSSR count). The van der Waals surface area contributed by atoms with Gasteiger partial charge < -0.3 is 15.0 Å². The number of likely N-dealkylation sites (tertiary alicyclic amines) is 1. The van der Waals surface area contributed by atoms with Gasteiger partial charge in [0.1, 0.15) is 16.8 Å². The van der Waals surface area contributed by atoms with Crippen LogP contribution in [0.5, 0.6) is 0 Å². The number of hydrogen-bond donors (Lipinski definition) is 1. The van der Waals surface area contributed by atoms with Crippen LogP contribution in [0.1, 0.15) is 39.2 Å². The minimum atomic E-state index is -1.16. The number of nitrogens with zero attached hydrogens (tertiary/aromatic N) is 3. The number of hydrogen-bond acceptors (Lipinski definition) is 5. The van der Waals surface area contributed by atoms with Crippen LogP contribution in [0.15, 0.2) is 18.3 Å². The van der Waals surface area contributed by atoms with Gasteiger partial charge in [-0.1, -0.05) is 6.07 Å². The van der Waals surface area contributed by atoms with Crippen LogP contribution in [0, 0.1) is 23.7 Å². The summed E-state index contributed by atoms with van der Waals surface area (Å²) in [6, 6.07) is 5.68. The third kappa shape index (κ3) is 4.69. The van der Waals surface area contributed by atoms with E-state index in [1.54, 1.807) is 33.0 Å². The molecule has 1 N–H and O–H groups in total. The zero-order chi connectivity index (χ0) is 18.7. The highest BCUT2D eigenvalue weighted by Gasteiger charge is 2.43. The first-order valence-corrected chi connectivity index (χ1v) is 8.28. The Morgan fingerprint density at radius 1 is 1.32 bits per heavy atom. The molecule has 134 valence electrons. The molecule has 0 radical (unpaired) electrons. The number of aromatic nitrogens is 1. The van der Waals surface area contributed by atoms with Gasteiger partial charge in [-0.3, -0.25) is 4.79 Å². The van der Waals surface area contributed by atoms with E-state index in [0.29, 0.717) is 18.9 Å². The smallest absolute Gasteiger partial charge is 0.410 e. The lowest BCUT2D eigenvalue weighted by Gasteiger charge is -2.36. The molecular formula is C18H24N4O3. The summed E-state index contributed by atoms with van der Waals surface area (Å²) in [7, 11) is 0. The lowest BCUT2D eigenvalue weighted by molar-refractivity contribution is -0.125. The van der Waals surface area contributed by atoms with Gasteiger partial charge in [0, 0.05) is 19.3 Å². The number of nitrogens with one attached hydrogen (secondary N) is 1. The molecule has 1 aromatic rings. The minimum absolute atomic E-state index is 0.264. The van der Waals surface area contributed by atoms with Crippen molar-refractivity contribution in [3.63, 3.8) is 0 Å². The molecule has 0 unspecified atom stereocenters. The van der Waals surface area contributed by atoms with Gasteiger partial charge in [0.25, 0.3) is 0 Å². The van der Waals surface area contributed by atoms with E-state index < -0.39 is 17.1 Å². The molecule has 7 heteroatoms. The summed E-state index contributed by atoms with van der Waals surface area (Å²) in [4.78, 5) is 30.4. The fraction of sp³-hybridized carbons (Fsp3) is 0.556. The predicted octanol–water partition coefficient (Wildman–Crippen LogP) is 2.87. The Bertz CT molecular complexity index is 678. The Morgan fingerprint density at radius 2 is 1.96 bits per heavy atom. The lowest BCUT2D eigenvalue weighted by atomic mass is 9.79. The maximum atomic E-state index is 12.6. The fourth-order valence-corrected chi connectivity index (χ4v) is 2.56. The summed E-state index contributed by atoms with van der Waals surface area (Å²) in [6.45, 7) is 7.92. The van der Waals surface area contributed by atoms with Crippen molar-refractivity contribution >= 4 is 17.8 Å². The molecule has 1 aromatic heterocycles. The molecule has 0 spiro atoms. The lowest BCUT2D eigenvalue weighted by Crippen LogP contribution is -2.48. The first kappa shape index (κ1) is 18.7. The maximum absolute atomic E-state index is 12.6. The molecule has 2 heterocycles. The van der Waals surface area contributed by atoms with E-state index in [-0.39, 0.29) is 18.7 Å². The number of carbonyl (C=O) groups is 2. The third-order valence-corrected chi connectivity index (χ3v) is 4.07. The number of amides is 2. The van der Waals surface area contributed by atoms with E-state index in [4.69, 9.17) is 4.74 Å².